The van der Waals surface area contributed by atoms with Crippen LogP contribution in [0.25, 0.3) is 6.08 Å². The SMILES string of the molecule is Cc1cc(/C=C(\C#N)C(=O)OC[C@@H]2CC2(Cl)Cl)c(C)n1CC(C)C. The molecule has 1 aliphatic rings. The zero-order chi connectivity index (χ0) is 18.1. The lowest BCUT2D eigenvalue weighted by Gasteiger charge is -2.12. The minimum absolute atomic E-state index is 0.0183. The number of nitrogens with zero attached hydrogens (tertiary/aromatic N) is 2. The van der Waals surface area contributed by atoms with Gasteiger partial charge in [0, 0.05) is 23.9 Å². The molecule has 0 radical (unpaired) electrons. The van der Waals surface area contributed by atoms with E-state index in [4.69, 9.17) is 27.9 Å². The van der Waals surface area contributed by atoms with Crippen molar-refractivity contribution in [1.82, 2.24) is 4.57 Å². The van der Waals surface area contributed by atoms with Crippen LogP contribution in [0.5, 0.6) is 0 Å². The van der Waals surface area contributed by atoms with Crippen molar-refractivity contribution in [1.29, 1.82) is 5.26 Å². The Hall–Kier alpha value is -1.44. The monoisotopic (exact) mass is 368 g/mol. The topological polar surface area (TPSA) is 55.0 Å². The molecule has 24 heavy (non-hydrogen) atoms. The van der Waals surface area contributed by atoms with Crippen LogP contribution < -0.4 is 0 Å². The first kappa shape index (κ1) is 18.9. The second-order valence-electron chi connectivity index (χ2n) is 6.76. The molecule has 6 heteroatoms. The molecule has 1 fully saturated rings. The zero-order valence-electron chi connectivity index (χ0n) is 14.4. The molecule has 0 saturated heterocycles. The number of aryl methyl sites for hydroxylation is 1. The number of alkyl halides is 2. The lowest BCUT2D eigenvalue weighted by molar-refractivity contribution is -0.138. The van der Waals surface area contributed by atoms with Crippen LogP contribution in [-0.2, 0) is 16.1 Å². The average Bonchev–Trinajstić information content (AvgIpc) is 3.03. The van der Waals surface area contributed by atoms with E-state index in [2.05, 4.69) is 18.4 Å². The third-order valence-corrected chi connectivity index (χ3v) is 5.10. The molecule has 130 valence electrons. The molecular weight excluding hydrogens is 347 g/mol. The van der Waals surface area contributed by atoms with Gasteiger partial charge in [0.2, 0.25) is 0 Å². The number of ether oxygens (including phenoxy) is 1. The second kappa shape index (κ2) is 7.21. The molecular formula is C18H22Cl2N2O2. The predicted molar refractivity (Wildman–Crippen MR) is 95.8 cm³/mol. The number of hydrogen-bond donors (Lipinski definition) is 0. The van der Waals surface area contributed by atoms with Crippen LogP contribution in [0.2, 0.25) is 0 Å². The van der Waals surface area contributed by atoms with Gasteiger partial charge in [0.1, 0.15) is 16.0 Å². The van der Waals surface area contributed by atoms with Gasteiger partial charge in [-0.05, 0) is 43.9 Å². The molecule has 1 aromatic heterocycles. The van der Waals surface area contributed by atoms with E-state index in [-0.39, 0.29) is 18.1 Å². The summed E-state index contributed by atoms with van der Waals surface area (Å²) in [6, 6.07) is 3.90. The Balaban J connectivity index is 2.12. The number of rotatable bonds is 6. The Morgan fingerprint density at radius 1 is 1.54 bits per heavy atom. The average molecular weight is 369 g/mol. The van der Waals surface area contributed by atoms with Crippen LogP contribution >= 0.6 is 23.2 Å². The van der Waals surface area contributed by atoms with E-state index in [0.29, 0.717) is 12.3 Å². The van der Waals surface area contributed by atoms with Crippen molar-refractivity contribution in [2.75, 3.05) is 6.61 Å². The van der Waals surface area contributed by atoms with Crippen LogP contribution in [-0.4, -0.2) is 21.5 Å². The maximum absolute atomic E-state index is 12.1. The summed E-state index contributed by atoms with van der Waals surface area (Å²) in [5.41, 5.74) is 2.97. The lowest BCUT2D eigenvalue weighted by Crippen LogP contribution is -2.11. The first-order valence-corrected chi connectivity index (χ1v) is 8.74. The second-order valence-corrected chi connectivity index (χ2v) is 8.30. The maximum atomic E-state index is 12.1. The molecule has 0 amide bonds. The van der Waals surface area contributed by atoms with Crippen molar-refractivity contribution in [2.24, 2.45) is 11.8 Å². The molecule has 0 bridgehead atoms. The van der Waals surface area contributed by atoms with Gasteiger partial charge in [0.05, 0.1) is 6.61 Å². The number of nitriles is 1. The van der Waals surface area contributed by atoms with Crippen LogP contribution in [0.4, 0.5) is 0 Å². The fraction of sp³-hybridized carbons (Fsp3) is 0.556. The molecule has 2 rings (SSSR count). The summed E-state index contributed by atoms with van der Waals surface area (Å²) in [5, 5.41) is 9.28. The highest BCUT2D eigenvalue weighted by Gasteiger charge is 2.52. The molecule has 0 spiro atoms. The normalized spacial score (nSPS) is 19.2. The highest BCUT2D eigenvalue weighted by Crippen LogP contribution is 2.53. The van der Waals surface area contributed by atoms with Crippen LogP contribution in [0, 0.1) is 37.0 Å². The zero-order valence-corrected chi connectivity index (χ0v) is 15.9. The Morgan fingerprint density at radius 2 is 2.17 bits per heavy atom. The predicted octanol–water partition coefficient (Wildman–Crippen LogP) is 4.40. The van der Waals surface area contributed by atoms with E-state index < -0.39 is 10.3 Å². The molecule has 1 heterocycles. The van der Waals surface area contributed by atoms with E-state index in [9.17, 15) is 10.1 Å². The van der Waals surface area contributed by atoms with Crippen LogP contribution in [0.15, 0.2) is 11.6 Å². The summed E-state index contributed by atoms with van der Waals surface area (Å²) in [7, 11) is 0. The molecule has 4 nitrogen and oxygen atoms in total. The lowest BCUT2D eigenvalue weighted by atomic mass is 10.1. The van der Waals surface area contributed by atoms with E-state index in [1.165, 1.54) is 0 Å². The number of halogens is 2. The number of hydrogen-bond acceptors (Lipinski definition) is 3. The fourth-order valence-electron chi connectivity index (χ4n) is 2.62. The summed E-state index contributed by atoms with van der Waals surface area (Å²) in [4.78, 5) is 12.1. The molecule has 0 N–H and O–H groups in total. The smallest absolute Gasteiger partial charge is 0.348 e. The van der Waals surface area contributed by atoms with Gasteiger partial charge in [-0.15, -0.1) is 23.2 Å². The molecule has 1 atom stereocenters. The number of esters is 1. The molecule has 1 aromatic rings. The summed E-state index contributed by atoms with van der Waals surface area (Å²) in [6.45, 7) is 9.34. The van der Waals surface area contributed by atoms with Gasteiger partial charge in [-0.1, -0.05) is 13.8 Å². The van der Waals surface area contributed by atoms with Gasteiger partial charge < -0.3 is 9.30 Å². The molecule has 1 aliphatic carbocycles. The van der Waals surface area contributed by atoms with Gasteiger partial charge in [0.15, 0.2) is 0 Å². The largest absolute Gasteiger partial charge is 0.461 e. The third-order valence-electron chi connectivity index (χ3n) is 4.17. The fourth-order valence-corrected chi connectivity index (χ4v) is 3.12. The first-order valence-electron chi connectivity index (χ1n) is 7.99. The van der Waals surface area contributed by atoms with E-state index in [1.807, 2.05) is 26.0 Å². The highest BCUT2D eigenvalue weighted by molar-refractivity contribution is 6.50. The highest BCUT2D eigenvalue weighted by atomic mass is 35.5. The number of carbonyl (C=O) groups is 1. The summed E-state index contributed by atoms with van der Waals surface area (Å²) >= 11 is 11.8. The molecule has 0 aliphatic heterocycles. The van der Waals surface area contributed by atoms with Crippen molar-refractivity contribution < 1.29 is 9.53 Å². The van der Waals surface area contributed by atoms with Gasteiger partial charge in [-0.25, -0.2) is 4.79 Å². The third kappa shape index (κ3) is 4.34. The van der Waals surface area contributed by atoms with Crippen molar-refractivity contribution in [3.8, 4) is 6.07 Å². The maximum Gasteiger partial charge on any atom is 0.348 e. The van der Waals surface area contributed by atoms with Crippen molar-refractivity contribution >= 4 is 35.2 Å². The quantitative estimate of drug-likeness (QED) is 0.323. The minimum atomic E-state index is -0.793. The Bertz CT molecular complexity index is 711. The van der Waals surface area contributed by atoms with E-state index in [1.54, 1.807) is 6.08 Å². The van der Waals surface area contributed by atoms with E-state index >= 15 is 0 Å². The number of carbonyl (C=O) groups excluding carboxylic acids is 1. The Kier molecular flexibility index (Phi) is 5.67. The van der Waals surface area contributed by atoms with E-state index in [0.717, 1.165) is 23.5 Å². The molecule has 1 saturated carbocycles. The summed E-state index contributed by atoms with van der Waals surface area (Å²) < 4.78 is 6.56. The van der Waals surface area contributed by atoms with Gasteiger partial charge >= 0.3 is 5.97 Å². The van der Waals surface area contributed by atoms with Gasteiger partial charge in [-0.2, -0.15) is 5.26 Å². The van der Waals surface area contributed by atoms with Crippen molar-refractivity contribution in [3.63, 3.8) is 0 Å². The van der Waals surface area contributed by atoms with Crippen molar-refractivity contribution in [2.45, 2.75) is 45.0 Å². The van der Waals surface area contributed by atoms with Gasteiger partial charge in [0.25, 0.3) is 0 Å². The number of aromatic nitrogens is 1. The summed E-state index contributed by atoms with van der Waals surface area (Å²) in [6.07, 6.45) is 2.19. The molecule has 0 aromatic carbocycles. The van der Waals surface area contributed by atoms with Crippen molar-refractivity contribution in [3.05, 3.63) is 28.6 Å². The van der Waals surface area contributed by atoms with Crippen LogP contribution in [0.1, 0.15) is 37.2 Å². The minimum Gasteiger partial charge on any atom is -0.461 e. The standard InChI is InChI=1S/C18H22Cl2N2O2/c1-11(2)9-22-12(3)5-14(13(22)4)6-15(8-21)17(23)24-10-16-7-18(16,19)20/h5-6,11,16H,7,9-10H2,1-4H3/b15-6+/t16-/m0/s1. The first-order chi connectivity index (χ1) is 11.2. The van der Waals surface area contributed by atoms with Gasteiger partial charge in [-0.3, -0.25) is 0 Å². The Morgan fingerprint density at radius 3 is 2.67 bits per heavy atom. The Labute approximate surface area is 153 Å². The van der Waals surface area contributed by atoms with Crippen LogP contribution in [0.3, 0.4) is 0 Å². The summed E-state index contributed by atoms with van der Waals surface area (Å²) in [5.74, 6) is -0.181. The molecule has 0 unspecified atom stereocenters.